The number of hydrogen-bond acceptors (Lipinski definition) is 9. The van der Waals surface area contributed by atoms with Gasteiger partial charge in [-0.25, -0.2) is 4.79 Å². The van der Waals surface area contributed by atoms with Crippen LogP contribution < -0.4 is 30.2 Å². The van der Waals surface area contributed by atoms with Crippen molar-refractivity contribution in [1.82, 2.24) is 19.7 Å². The zero-order valence-corrected chi connectivity index (χ0v) is 19.5. The molecule has 1 N–H and O–H groups in total. The zero-order chi connectivity index (χ0) is 24.5. The third kappa shape index (κ3) is 4.44. The number of nitrogens with one attached hydrogen (secondary N) is 1. The highest BCUT2D eigenvalue weighted by atomic mass is 16.7. The first-order chi connectivity index (χ1) is 16.9. The van der Waals surface area contributed by atoms with E-state index >= 15 is 0 Å². The molecular formula is C24H24N4O7. The van der Waals surface area contributed by atoms with Crippen LogP contribution in [0.5, 0.6) is 23.0 Å². The predicted octanol–water partition coefficient (Wildman–Crippen LogP) is 2.90. The SMILES string of the molecule is COc1cc(-c2noc(CCCn3c(=O)[nH]c4cc5c(cc4c3=O)OCO5)n2)ccc1OC(C)C. The molecule has 0 saturated heterocycles. The van der Waals surface area contributed by atoms with Gasteiger partial charge in [-0.1, -0.05) is 5.16 Å². The van der Waals surface area contributed by atoms with Crippen molar-refractivity contribution >= 4 is 10.9 Å². The molecule has 0 fully saturated rings. The molecule has 0 radical (unpaired) electrons. The lowest BCUT2D eigenvalue weighted by atomic mass is 10.2. The topological polar surface area (TPSA) is 131 Å². The Morgan fingerprint density at radius 3 is 2.69 bits per heavy atom. The van der Waals surface area contributed by atoms with Crippen molar-refractivity contribution in [3.05, 3.63) is 57.1 Å². The van der Waals surface area contributed by atoms with E-state index in [4.69, 9.17) is 23.5 Å². The molecule has 2 aromatic heterocycles. The van der Waals surface area contributed by atoms with Crippen LogP contribution in [0.1, 0.15) is 26.2 Å². The number of ether oxygens (including phenoxy) is 4. The monoisotopic (exact) mass is 480 g/mol. The van der Waals surface area contributed by atoms with Gasteiger partial charge in [0, 0.05) is 24.6 Å². The van der Waals surface area contributed by atoms with Crippen LogP contribution in [-0.4, -0.2) is 39.7 Å². The minimum absolute atomic E-state index is 0.0111. The van der Waals surface area contributed by atoms with E-state index in [9.17, 15) is 9.59 Å². The van der Waals surface area contributed by atoms with E-state index < -0.39 is 11.2 Å². The first-order valence-electron chi connectivity index (χ1n) is 11.2. The van der Waals surface area contributed by atoms with Crippen LogP contribution in [0, 0.1) is 0 Å². The molecule has 11 heteroatoms. The molecular weight excluding hydrogens is 456 g/mol. The number of nitrogens with zero attached hydrogens (tertiary/aromatic N) is 3. The average Bonchev–Trinajstić information content (AvgIpc) is 3.49. The summed E-state index contributed by atoms with van der Waals surface area (Å²) in [4.78, 5) is 32.6. The third-order valence-electron chi connectivity index (χ3n) is 5.50. The van der Waals surface area contributed by atoms with Gasteiger partial charge < -0.3 is 28.5 Å². The molecule has 5 rings (SSSR count). The molecule has 0 atom stereocenters. The molecule has 3 heterocycles. The lowest BCUT2D eigenvalue weighted by molar-refractivity contribution is 0.174. The summed E-state index contributed by atoms with van der Waals surface area (Å²) in [6, 6.07) is 8.60. The molecule has 4 aromatic rings. The van der Waals surface area contributed by atoms with Crippen LogP contribution in [0.2, 0.25) is 0 Å². The molecule has 182 valence electrons. The van der Waals surface area contributed by atoms with Crippen LogP contribution in [-0.2, 0) is 13.0 Å². The second-order valence-electron chi connectivity index (χ2n) is 8.29. The zero-order valence-electron chi connectivity index (χ0n) is 19.5. The Morgan fingerprint density at radius 1 is 1.11 bits per heavy atom. The van der Waals surface area contributed by atoms with Crippen molar-refractivity contribution in [3.63, 3.8) is 0 Å². The highest BCUT2D eigenvalue weighted by Crippen LogP contribution is 2.34. The van der Waals surface area contributed by atoms with Crippen LogP contribution in [0.4, 0.5) is 0 Å². The highest BCUT2D eigenvalue weighted by molar-refractivity contribution is 5.81. The summed E-state index contributed by atoms with van der Waals surface area (Å²) < 4.78 is 28.3. The molecule has 0 saturated carbocycles. The Bertz CT molecular complexity index is 1500. The minimum Gasteiger partial charge on any atom is -0.493 e. The molecule has 0 unspecified atom stereocenters. The van der Waals surface area contributed by atoms with Crippen molar-refractivity contribution in [2.75, 3.05) is 13.9 Å². The van der Waals surface area contributed by atoms with Gasteiger partial charge in [-0.3, -0.25) is 9.36 Å². The Balaban J connectivity index is 1.30. The number of hydrogen-bond donors (Lipinski definition) is 1. The van der Waals surface area contributed by atoms with Crippen LogP contribution in [0.3, 0.4) is 0 Å². The van der Waals surface area contributed by atoms with E-state index in [0.717, 1.165) is 4.57 Å². The Kier molecular flexibility index (Phi) is 5.89. The van der Waals surface area contributed by atoms with Crippen molar-refractivity contribution in [1.29, 1.82) is 0 Å². The van der Waals surface area contributed by atoms with Crippen LogP contribution >= 0.6 is 0 Å². The first kappa shape index (κ1) is 22.5. The van der Waals surface area contributed by atoms with Crippen LogP contribution in [0.25, 0.3) is 22.3 Å². The summed E-state index contributed by atoms with van der Waals surface area (Å²) in [5.41, 5.74) is 0.226. The van der Waals surface area contributed by atoms with Crippen molar-refractivity contribution in [2.24, 2.45) is 0 Å². The lowest BCUT2D eigenvalue weighted by Crippen LogP contribution is -2.35. The molecule has 0 spiro atoms. The number of benzene rings is 2. The van der Waals surface area contributed by atoms with E-state index in [1.54, 1.807) is 31.4 Å². The largest absolute Gasteiger partial charge is 0.493 e. The molecule has 0 bridgehead atoms. The number of H-pyrrole nitrogens is 1. The summed E-state index contributed by atoms with van der Waals surface area (Å²) >= 11 is 0. The van der Waals surface area contributed by atoms with Gasteiger partial charge in [-0.2, -0.15) is 4.98 Å². The molecule has 0 aliphatic carbocycles. The van der Waals surface area contributed by atoms with Gasteiger partial charge >= 0.3 is 5.69 Å². The minimum atomic E-state index is -0.497. The molecule has 1 aliphatic heterocycles. The smallest absolute Gasteiger partial charge is 0.328 e. The highest BCUT2D eigenvalue weighted by Gasteiger charge is 2.18. The van der Waals surface area contributed by atoms with Crippen molar-refractivity contribution < 1.29 is 23.5 Å². The summed E-state index contributed by atoms with van der Waals surface area (Å²) in [6.07, 6.45) is 0.853. The van der Waals surface area contributed by atoms with Gasteiger partial charge in [0.15, 0.2) is 23.0 Å². The fourth-order valence-corrected chi connectivity index (χ4v) is 3.87. The van der Waals surface area contributed by atoms with E-state index in [-0.39, 0.29) is 19.4 Å². The molecule has 35 heavy (non-hydrogen) atoms. The van der Waals surface area contributed by atoms with Crippen molar-refractivity contribution in [3.8, 4) is 34.4 Å². The molecule has 2 aromatic carbocycles. The fourth-order valence-electron chi connectivity index (χ4n) is 3.87. The standard InChI is InChI=1S/C24H24N4O7/c1-13(2)34-17-7-6-14(9-18(17)31-3)22-26-21(35-27-22)5-4-8-28-23(29)15-10-19-20(33-12-32-19)11-16(15)25-24(28)30/h6-7,9-11,13H,4-5,8,12H2,1-3H3,(H,25,30). The van der Waals surface area contributed by atoms with Gasteiger partial charge in [0.2, 0.25) is 18.5 Å². The van der Waals surface area contributed by atoms with E-state index in [2.05, 4.69) is 15.1 Å². The predicted molar refractivity (Wildman–Crippen MR) is 125 cm³/mol. The Morgan fingerprint density at radius 2 is 1.91 bits per heavy atom. The molecule has 0 amide bonds. The van der Waals surface area contributed by atoms with Gasteiger partial charge in [0.25, 0.3) is 5.56 Å². The summed E-state index contributed by atoms with van der Waals surface area (Å²) in [5, 5.41) is 4.40. The third-order valence-corrected chi connectivity index (χ3v) is 5.50. The maximum atomic E-state index is 12.9. The number of aryl methyl sites for hydroxylation is 1. The van der Waals surface area contributed by atoms with E-state index in [0.29, 0.717) is 64.0 Å². The Hall–Kier alpha value is -4.28. The number of rotatable bonds is 8. The van der Waals surface area contributed by atoms with E-state index in [1.807, 2.05) is 19.9 Å². The van der Waals surface area contributed by atoms with Crippen molar-refractivity contribution in [2.45, 2.75) is 39.3 Å². The number of methoxy groups -OCH3 is 1. The second-order valence-corrected chi connectivity index (χ2v) is 8.29. The average molecular weight is 480 g/mol. The second kappa shape index (κ2) is 9.16. The molecule has 11 nitrogen and oxygen atoms in total. The maximum absolute atomic E-state index is 12.9. The Labute approximate surface area is 199 Å². The number of aromatic nitrogens is 4. The van der Waals surface area contributed by atoms with Gasteiger partial charge in [0.1, 0.15) is 0 Å². The lowest BCUT2D eigenvalue weighted by Gasteiger charge is -2.13. The molecule has 1 aliphatic rings. The number of fused-ring (bicyclic) bond motifs is 2. The summed E-state index contributed by atoms with van der Waals surface area (Å²) in [7, 11) is 1.57. The quantitative estimate of drug-likeness (QED) is 0.404. The fraction of sp³-hybridized carbons (Fsp3) is 0.333. The summed E-state index contributed by atoms with van der Waals surface area (Å²) in [6.45, 7) is 4.14. The van der Waals surface area contributed by atoms with Gasteiger partial charge in [-0.05, 0) is 44.5 Å². The van der Waals surface area contributed by atoms with Crippen LogP contribution in [0.15, 0.2) is 44.4 Å². The normalized spacial score (nSPS) is 12.5. The van der Waals surface area contributed by atoms with Gasteiger partial charge in [0.05, 0.1) is 24.1 Å². The maximum Gasteiger partial charge on any atom is 0.328 e. The first-order valence-corrected chi connectivity index (χ1v) is 11.2. The van der Waals surface area contributed by atoms with Gasteiger partial charge in [-0.15, -0.1) is 0 Å². The van der Waals surface area contributed by atoms with E-state index in [1.165, 1.54) is 0 Å². The number of aromatic amines is 1. The summed E-state index contributed by atoms with van der Waals surface area (Å²) in [5.74, 6) is 2.98.